The first-order valence-corrected chi connectivity index (χ1v) is 9.40. The van der Waals surface area contributed by atoms with Crippen LogP contribution in [0.1, 0.15) is 0 Å². The second kappa shape index (κ2) is 7.84. The van der Waals surface area contributed by atoms with Gasteiger partial charge in [0.05, 0.1) is 11.4 Å². The zero-order valence-corrected chi connectivity index (χ0v) is 15.6. The molecule has 0 radical (unpaired) electrons. The summed E-state index contributed by atoms with van der Waals surface area (Å²) in [5, 5.41) is 10.8. The van der Waals surface area contributed by atoms with E-state index >= 15 is 0 Å². The number of aromatic nitrogens is 4. The van der Waals surface area contributed by atoms with Gasteiger partial charge >= 0.3 is 5.56 Å². The molecule has 0 atom stereocenters. The summed E-state index contributed by atoms with van der Waals surface area (Å²) in [6.45, 7) is 0. The Hall–Kier alpha value is -3.53. The number of carbonyl (C=O) groups is 1. The van der Waals surface area contributed by atoms with Crippen molar-refractivity contribution in [3.63, 3.8) is 0 Å². The van der Waals surface area contributed by atoms with Crippen molar-refractivity contribution in [1.29, 1.82) is 0 Å². The summed E-state index contributed by atoms with van der Waals surface area (Å²) in [7, 11) is 0. The molecule has 29 heavy (non-hydrogen) atoms. The molecule has 0 unspecified atom stereocenters. The maximum absolute atomic E-state index is 13.4. The predicted molar refractivity (Wildman–Crippen MR) is 104 cm³/mol. The fourth-order valence-electron chi connectivity index (χ4n) is 2.65. The number of thioether (sulfide) groups is 1. The number of hydrogen-bond acceptors (Lipinski definition) is 5. The summed E-state index contributed by atoms with van der Waals surface area (Å²) in [5.41, 5.74) is 0.431. The molecule has 0 saturated heterocycles. The molecule has 2 aromatic heterocycles. The Kier molecular flexibility index (Phi) is 5.09. The number of nitrogens with one attached hydrogen (secondary N) is 1. The van der Waals surface area contributed by atoms with E-state index in [0.717, 1.165) is 11.8 Å². The van der Waals surface area contributed by atoms with Gasteiger partial charge in [-0.3, -0.25) is 18.6 Å². The van der Waals surface area contributed by atoms with Crippen molar-refractivity contribution in [2.24, 2.45) is 0 Å². The molecule has 1 amide bonds. The minimum atomic E-state index is -0.465. The van der Waals surface area contributed by atoms with E-state index in [1.165, 1.54) is 57.6 Å². The van der Waals surface area contributed by atoms with Crippen LogP contribution in [-0.2, 0) is 4.79 Å². The zero-order valence-electron chi connectivity index (χ0n) is 14.8. The van der Waals surface area contributed by atoms with Crippen LogP contribution < -0.4 is 10.9 Å². The predicted octanol–water partition coefficient (Wildman–Crippen LogP) is 2.89. The minimum absolute atomic E-state index is 0.0190. The van der Waals surface area contributed by atoms with Crippen molar-refractivity contribution in [2.45, 2.75) is 5.16 Å². The topological polar surface area (TPSA) is 81.3 Å². The number of fused-ring (bicyclic) bond motifs is 1. The number of nitrogens with zero attached hydrogens (tertiary/aromatic N) is 4. The van der Waals surface area contributed by atoms with E-state index in [2.05, 4.69) is 15.5 Å². The molecule has 0 aliphatic carbocycles. The van der Waals surface area contributed by atoms with Crippen LogP contribution in [0.4, 0.5) is 14.5 Å². The van der Waals surface area contributed by atoms with Crippen LogP contribution in [0, 0.1) is 11.6 Å². The first-order chi connectivity index (χ1) is 14.0. The highest BCUT2D eigenvalue weighted by Crippen LogP contribution is 2.17. The van der Waals surface area contributed by atoms with Gasteiger partial charge in [0.2, 0.25) is 11.6 Å². The molecule has 0 fully saturated rings. The zero-order chi connectivity index (χ0) is 20.4. The summed E-state index contributed by atoms with van der Waals surface area (Å²) >= 11 is 1.09. The van der Waals surface area contributed by atoms with Gasteiger partial charge in [-0.25, -0.2) is 8.78 Å². The van der Waals surface area contributed by atoms with Crippen LogP contribution in [-0.4, -0.2) is 30.8 Å². The van der Waals surface area contributed by atoms with Gasteiger partial charge in [0, 0.05) is 18.1 Å². The molecular formula is C19H13F2N5O2S. The third-order valence-corrected chi connectivity index (χ3v) is 4.93. The molecule has 10 heteroatoms. The van der Waals surface area contributed by atoms with Gasteiger partial charge in [-0.05, 0) is 42.5 Å². The number of rotatable bonds is 5. The number of anilines is 1. The normalized spacial score (nSPS) is 11.0. The second-order valence-corrected chi connectivity index (χ2v) is 6.92. The average molecular weight is 413 g/mol. The summed E-state index contributed by atoms with van der Waals surface area (Å²) in [6, 6.07) is 11.0. The van der Waals surface area contributed by atoms with Crippen molar-refractivity contribution in [3.05, 3.63) is 82.9 Å². The van der Waals surface area contributed by atoms with E-state index in [-0.39, 0.29) is 17.3 Å². The molecule has 0 aliphatic rings. The van der Waals surface area contributed by atoms with Gasteiger partial charge < -0.3 is 5.32 Å². The highest BCUT2D eigenvalue weighted by molar-refractivity contribution is 7.99. The Morgan fingerprint density at radius 3 is 2.59 bits per heavy atom. The van der Waals surface area contributed by atoms with Crippen LogP contribution in [0.3, 0.4) is 0 Å². The number of carbonyl (C=O) groups excluding carboxylic acids is 1. The van der Waals surface area contributed by atoms with Crippen molar-refractivity contribution in [1.82, 2.24) is 19.2 Å². The highest BCUT2D eigenvalue weighted by Gasteiger charge is 2.14. The van der Waals surface area contributed by atoms with Crippen LogP contribution in [0.5, 0.6) is 0 Å². The SMILES string of the molecule is O=C(CSc1nnc2c(=O)n(-c3cccc(F)c3)ccn12)Nc1ccc(F)cc1. The van der Waals surface area contributed by atoms with E-state index in [1.54, 1.807) is 12.3 Å². The Bertz CT molecular complexity index is 1250. The van der Waals surface area contributed by atoms with Gasteiger partial charge in [0.1, 0.15) is 11.6 Å². The van der Waals surface area contributed by atoms with Crippen LogP contribution >= 0.6 is 11.8 Å². The van der Waals surface area contributed by atoms with E-state index in [1.807, 2.05) is 0 Å². The molecule has 1 N–H and O–H groups in total. The fourth-order valence-corrected chi connectivity index (χ4v) is 3.37. The smallest absolute Gasteiger partial charge is 0.300 e. The number of amides is 1. The monoisotopic (exact) mass is 413 g/mol. The molecule has 0 bridgehead atoms. The first-order valence-electron chi connectivity index (χ1n) is 8.42. The van der Waals surface area contributed by atoms with Crippen molar-refractivity contribution >= 4 is 29.0 Å². The molecular weight excluding hydrogens is 400 g/mol. The molecule has 4 rings (SSSR count). The first kappa shape index (κ1) is 18.8. The number of hydrogen-bond donors (Lipinski definition) is 1. The molecule has 7 nitrogen and oxygen atoms in total. The highest BCUT2D eigenvalue weighted by atomic mass is 32.2. The van der Waals surface area contributed by atoms with Gasteiger partial charge in [-0.15, -0.1) is 10.2 Å². The van der Waals surface area contributed by atoms with E-state index in [4.69, 9.17) is 0 Å². The summed E-state index contributed by atoms with van der Waals surface area (Å²) < 4.78 is 29.1. The maximum atomic E-state index is 13.4. The van der Waals surface area contributed by atoms with Gasteiger partial charge in [-0.2, -0.15) is 0 Å². The van der Waals surface area contributed by atoms with E-state index in [0.29, 0.717) is 16.5 Å². The third-order valence-electron chi connectivity index (χ3n) is 3.99. The lowest BCUT2D eigenvalue weighted by Crippen LogP contribution is -2.20. The number of benzene rings is 2. The second-order valence-electron chi connectivity index (χ2n) is 5.97. The molecule has 0 saturated carbocycles. The van der Waals surface area contributed by atoms with Crippen LogP contribution in [0.2, 0.25) is 0 Å². The summed E-state index contributed by atoms with van der Waals surface area (Å²) in [4.78, 5) is 24.7. The molecule has 0 spiro atoms. The van der Waals surface area contributed by atoms with Gasteiger partial charge in [0.15, 0.2) is 5.16 Å². The van der Waals surface area contributed by atoms with Crippen LogP contribution in [0.15, 0.2) is 70.9 Å². The quantitative estimate of drug-likeness (QED) is 0.509. The fraction of sp³-hybridized carbons (Fsp3) is 0.0526. The lowest BCUT2D eigenvalue weighted by molar-refractivity contribution is -0.113. The maximum Gasteiger partial charge on any atom is 0.300 e. The van der Waals surface area contributed by atoms with Crippen LogP contribution in [0.25, 0.3) is 11.3 Å². The number of halogens is 2. The van der Waals surface area contributed by atoms with E-state index < -0.39 is 17.2 Å². The van der Waals surface area contributed by atoms with Gasteiger partial charge in [-0.1, -0.05) is 17.8 Å². The minimum Gasteiger partial charge on any atom is -0.325 e. The van der Waals surface area contributed by atoms with E-state index in [9.17, 15) is 18.4 Å². The molecule has 4 aromatic rings. The van der Waals surface area contributed by atoms with Crippen molar-refractivity contribution in [3.8, 4) is 5.69 Å². The Morgan fingerprint density at radius 2 is 1.83 bits per heavy atom. The largest absolute Gasteiger partial charge is 0.325 e. The Balaban J connectivity index is 1.52. The lowest BCUT2D eigenvalue weighted by atomic mass is 10.3. The Labute approximate surface area is 167 Å². The average Bonchev–Trinajstić information content (AvgIpc) is 3.12. The molecule has 0 aliphatic heterocycles. The molecule has 146 valence electrons. The Morgan fingerprint density at radius 1 is 1.03 bits per heavy atom. The van der Waals surface area contributed by atoms with Crippen molar-refractivity contribution in [2.75, 3.05) is 11.1 Å². The molecule has 2 heterocycles. The van der Waals surface area contributed by atoms with Gasteiger partial charge in [0.25, 0.3) is 0 Å². The summed E-state index contributed by atoms with van der Waals surface area (Å²) in [5.74, 6) is -1.15. The third kappa shape index (κ3) is 4.02. The standard InChI is InChI=1S/C19H13F2N5O2S/c20-12-4-6-14(7-5-12)22-16(27)11-29-19-24-23-17-18(28)25(8-9-26(17)19)15-3-1-2-13(21)10-15/h1-10H,11H2,(H,22,27). The summed E-state index contributed by atoms with van der Waals surface area (Å²) in [6.07, 6.45) is 3.05. The lowest BCUT2D eigenvalue weighted by Gasteiger charge is -2.07. The molecule has 2 aromatic carbocycles. The van der Waals surface area contributed by atoms with Crippen molar-refractivity contribution < 1.29 is 13.6 Å².